The van der Waals surface area contributed by atoms with E-state index >= 15 is 0 Å². The summed E-state index contributed by atoms with van der Waals surface area (Å²) < 4.78 is 44.9. The zero-order valence-corrected chi connectivity index (χ0v) is 11.5. The van der Waals surface area contributed by atoms with Crippen molar-refractivity contribution in [1.82, 2.24) is 9.78 Å². The molecule has 1 aromatic heterocycles. The predicted octanol–water partition coefficient (Wildman–Crippen LogP) is 2.46. The van der Waals surface area contributed by atoms with Crippen LogP contribution in [0.3, 0.4) is 0 Å². The Morgan fingerprint density at radius 3 is 2.71 bits per heavy atom. The molecule has 4 nitrogen and oxygen atoms in total. The molecule has 0 aliphatic rings. The lowest BCUT2D eigenvalue weighted by Gasteiger charge is -2.11. The van der Waals surface area contributed by atoms with Crippen molar-refractivity contribution in [3.63, 3.8) is 0 Å². The van der Waals surface area contributed by atoms with Gasteiger partial charge in [-0.1, -0.05) is 12.1 Å². The number of halogens is 3. The van der Waals surface area contributed by atoms with Crippen molar-refractivity contribution >= 4 is 0 Å². The molecular weight excluding hydrogens is 283 g/mol. The van der Waals surface area contributed by atoms with Gasteiger partial charge in [0.25, 0.3) is 0 Å². The topological polar surface area (TPSA) is 53.1 Å². The molecule has 0 fully saturated rings. The lowest BCUT2D eigenvalue weighted by Crippen LogP contribution is -2.09. The van der Waals surface area contributed by atoms with E-state index in [4.69, 9.17) is 10.5 Å². The first-order chi connectivity index (χ1) is 9.95. The molecule has 0 spiro atoms. The fourth-order valence-electron chi connectivity index (χ4n) is 2.11. The van der Waals surface area contributed by atoms with Crippen LogP contribution < -0.4 is 10.5 Å². The molecule has 0 unspecified atom stereocenters. The molecule has 0 bridgehead atoms. The molecule has 0 aliphatic carbocycles. The van der Waals surface area contributed by atoms with Gasteiger partial charge in [-0.25, -0.2) is 4.68 Å². The zero-order valence-electron chi connectivity index (χ0n) is 11.5. The van der Waals surface area contributed by atoms with E-state index in [1.165, 1.54) is 17.9 Å². The highest BCUT2D eigenvalue weighted by molar-refractivity contribution is 5.29. The molecular formula is C14H16F3N3O. The number of benzene rings is 1. The Labute approximate surface area is 120 Å². The molecule has 0 amide bonds. The van der Waals surface area contributed by atoms with Gasteiger partial charge in [0.1, 0.15) is 0 Å². The van der Waals surface area contributed by atoms with Crippen LogP contribution in [0.1, 0.15) is 16.7 Å². The van der Waals surface area contributed by atoms with Gasteiger partial charge in [-0.15, -0.1) is 0 Å². The van der Waals surface area contributed by atoms with Crippen LogP contribution in [-0.2, 0) is 19.1 Å². The van der Waals surface area contributed by atoms with Gasteiger partial charge < -0.3 is 10.5 Å². The second kappa shape index (κ2) is 6.17. The predicted molar refractivity (Wildman–Crippen MR) is 72.1 cm³/mol. The van der Waals surface area contributed by atoms with E-state index in [1.54, 1.807) is 12.3 Å². The number of hydrogen-bond donors (Lipinski definition) is 1. The average Bonchev–Trinajstić information content (AvgIpc) is 2.80. The largest absolute Gasteiger partial charge is 0.481 e. The van der Waals surface area contributed by atoms with E-state index in [1.807, 2.05) is 0 Å². The summed E-state index contributed by atoms with van der Waals surface area (Å²) in [6, 6.07) is 5.17. The summed E-state index contributed by atoms with van der Waals surface area (Å²) in [5.41, 5.74) is 6.17. The first-order valence-corrected chi connectivity index (χ1v) is 6.40. The summed E-state index contributed by atoms with van der Waals surface area (Å²) in [5, 5.41) is 4.15. The van der Waals surface area contributed by atoms with Gasteiger partial charge in [0.2, 0.25) is 5.88 Å². The maximum Gasteiger partial charge on any atom is 0.416 e. The van der Waals surface area contributed by atoms with Crippen molar-refractivity contribution < 1.29 is 17.9 Å². The van der Waals surface area contributed by atoms with E-state index in [0.29, 0.717) is 24.4 Å². The molecule has 0 saturated carbocycles. The third kappa shape index (κ3) is 3.55. The first-order valence-electron chi connectivity index (χ1n) is 6.40. The van der Waals surface area contributed by atoms with E-state index < -0.39 is 11.7 Å². The fraction of sp³-hybridized carbons (Fsp3) is 0.357. The fourth-order valence-corrected chi connectivity index (χ4v) is 2.11. The van der Waals surface area contributed by atoms with Crippen LogP contribution in [-0.4, -0.2) is 23.4 Å². The number of aromatic nitrogens is 2. The molecule has 2 rings (SSSR count). The van der Waals surface area contributed by atoms with Crippen LogP contribution in [0, 0.1) is 0 Å². The van der Waals surface area contributed by atoms with E-state index in [2.05, 4.69) is 5.10 Å². The Morgan fingerprint density at radius 2 is 2.10 bits per heavy atom. The van der Waals surface area contributed by atoms with Crippen LogP contribution in [0.5, 0.6) is 5.88 Å². The molecule has 0 atom stereocenters. The number of rotatable bonds is 5. The minimum Gasteiger partial charge on any atom is -0.481 e. The Kier molecular flexibility index (Phi) is 4.52. The van der Waals surface area contributed by atoms with Gasteiger partial charge >= 0.3 is 6.18 Å². The van der Waals surface area contributed by atoms with Gasteiger partial charge in [0.15, 0.2) is 0 Å². The molecule has 1 aromatic carbocycles. The number of ether oxygens (including phenoxy) is 1. The number of nitrogens with zero attached hydrogens (tertiary/aromatic N) is 2. The summed E-state index contributed by atoms with van der Waals surface area (Å²) in [6.07, 6.45) is -2.13. The molecule has 7 heteroatoms. The lowest BCUT2D eigenvalue weighted by molar-refractivity contribution is -0.137. The maximum atomic E-state index is 12.7. The van der Waals surface area contributed by atoms with Crippen molar-refractivity contribution in [2.24, 2.45) is 5.73 Å². The van der Waals surface area contributed by atoms with Gasteiger partial charge in [-0.3, -0.25) is 0 Å². The van der Waals surface area contributed by atoms with Crippen LogP contribution in [0.25, 0.3) is 0 Å². The Morgan fingerprint density at radius 1 is 1.33 bits per heavy atom. The highest BCUT2D eigenvalue weighted by Crippen LogP contribution is 2.30. The summed E-state index contributed by atoms with van der Waals surface area (Å²) in [7, 11) is 1.50. The van der Waals surface area contributed by atoms with E-state index in [-0.39, 0.29) is 6.54 Å². The van der Waals surface area contributed by atoms with Crippen molar-refractivity contribution in [3.8, 4) is 5.88 Å². The summed E-state index contributed by atoms with van der Waals surface area (Å²) >= 11 is 0. The molecule has 0 saturated heterocycles. The van der Waals surface area contributed by atoms with Crippen molar-refractivity contribution in [3.05, 3.63) is 47.2 Å². The summed E-state index contributed by atoms with van der Waals surface area (Å²) in [6.45, 7) is 0.656. The molecule has 21 heavy (non-hydrogen) atoms. The molecule has 114 valence electrons. The first kappa shape index (κ1) is 15.4. The van der Waals surface area contributed by atoms with E-state index in [0.717, 1.165) is 17.7 Å². The smallest absolute Gasteiger partial charge is 0.416 e. The van der Waals surface area contributed by atoms with E-state index in [9.17, 15) is 13.2 Å². The number of methoxy groups -OCH3 is 1. The lowest BCUT2D eigenvalue weighted by atomic mass is 10.1. The number of nitrogens with two attached hydrogens (primary N) is 1. The van der Waals surface area contributed by atoms with Gasteiger partial charge in [-0.2, -0.15) is 18.3 Å². The minimum absolute atomic E-state index is 0.206. The SMILES string of the molecule is COc1c(CCN)cnn1Cc1cccc(C(F)(F)F)c1. The Bertz CT molecular complexity index is 608. The Hall–Kier alpha value is -2.02. The quantitative estimate of drug-likeness (QED) is 0.922. The maximum absolute atomic E-state index is 12.7. The molecule has 0 radical (unpaired) electrons. The average molecular weight is 299 g/mol. The third-order valence-corrected chi connectivity index (χ3v) is 3.06. The second-order valence-electron chi connectivity index (χ2n) is 4.57. The summed E-state index contributed by atoms with van der Waals surface area (Å²) in [4.78, 5) is 0. The standard InChI is InChI=1S/C14H16F3N3O/c1-21-13-11(5-6-18)8-19-20(13)9-10-3-2-4-12(7-10)14(15,16)17/h2-4,7-8H,5-6,9,18H2,1H3. The highest BCUT2D eigenvalue weighted by atomic mass is 19.4. The zero-order chi connectivity index (χ0) is 15.5. The van der Waals surface area contributed by atoms with Gasteiger partial charge in [-0.05, 0) is 30.7 Å². The monoisotopic (exact) mass is 299 g/mol. The molecule has 2 aromatic rings. The van der Waals surface area contributed by atoms with Crippen LogP contribution in [0.2, 0.25) is 0 Å². The number of hydrogen-bond acceptors (Lipinski definition) is 3. The van der Waals surface area contributed by atoms with Crippen molar-refractivity contribution in [2.75, 3.05) is 13.7 Å². The minimum atomic E-state index is -4.35. The van der Waals surface area contributed by atoms with Crippen LogP contribution >= 0.6 is 0 Å². The highest BCUT2D eigenvalue weighted by Gasteiger charge is 2.30. The van der Waals surface area contributed by atoms with Gasteiger partial charge in [0, 0.05) is 5.56 Å². The third-order valence-electron chi connectivity index (χ3n) is 3.06. The van der Waals surface area contributed by atoms with Crippen molar-refractivity contribution in [1.29, 1.82) is 0 Å². The van der Waals surface area contributed by atoms with Crippen LogP contribution in [0.4, 0.5) is 13.2 Å². The Balaban J connectivity index is 2.26. The van der Waals surface area contributed by atoms with Crippen molar-refractivity contribution in [2.45, 2.75) is 19.1 Å². The number of alkyl halides is 3. The molecule has 0 aliphatic heterocycles. The summed E-state index contributed by atoms with van der Waals surface area (Å²) in [5.74, 6) is 0.526. The van der Waals surface area contributed by atoms with Crippen LogP contribution in [0.15, 0.2) is 30.5 Å². The normalized spacial score (nSPS) is 11.7. The molecule has 1 heterocycles. The molecule has 2 N–H and O–H groups in total. The van der Waals surface area contributed by atoms with Gasteiger partial charge in [0.05, 0.1) is 25.4 Å². The second-order valence-corrected chi connectivity index (χ2v) is 4.57.